The molecule has 0 heterocycles. The highest BCUT2D eigenvalue weighted by Gasteiger charge is 2.14. The minimum Gasteiger partial charge on any atom is -0.504 e. The third-order valence-electron chi connectivity index (χ3n) is 1.67. The number of rotatable bonds is 2. The van der Waals surface area contributed by atoms with Crippen molar-refractivity contribution in [3.63, 3.8) is 0 Å². The molecule has 0 saturated carbocycles. The minimum atomic E-state index is 0.0702. The first kappa shape index (κ1) is 7.85. The van der Waals surface area contributed by atoms with Crippen molar-refractivity contribution in [1.29, 1.82) is 5.41 Å². The predicted molar refractivity (Wildman–Crippen MR) is 42.7 cm³/mol. The lowest BCUT2D eigenvalue weighted by atomic mass is 10.00. The highest BCUT2D eigenvalue weighted by atomic mass is 16.5. The molecule has 0 bridgehead atoms. The summed E-state index contributed by atoms with van der Waals surface area (Å²) in [6, 6.07) is 0. The zero-order valence-electron chi connectivity index (χ0n) is 6.37. The van der Waals surface area contributed by atoms with E-state index in [1.165, 1.54) is 13.3 Å². The Kier molecular flexibility index (Phi) is 2.31. The van der Waals surface area contributed by atoms with E-state index in [-0.39, 0.29) is 11.7 Å². The third-order valence-corrected chi connectivity index (χ3v) is 1.67. The molecule has 2 N–H and O–H groups in total. The van der Waals surface area contributed by atoms with Crippen molar-refractivity contribution < 1.29 is 9.84 Å². The fourth-order valence-electron chi connectivity index (χ4n) is 0.997. The summed E-state index contributed by atoms with van der Waals surface area (Å²) in [7, 11) is 1.52. The number of nitrogens with one attached hydrogen (secondary N) is 1. The standard InChI is InChI=1S/C8H11NO2/c1-11-8-4-6(5-9)2-3-7(8)10/h2-3,5-6,9-10H,4H2,1H3. The molecule has 1 rings (SSSR count). The molecule has 1 unspecified atom stereocenters. The number of ether oxygens (including phenoxy) is 1. The van der Waals surface area contributed by atoms with Crippen LogP contribution in [-0.2, 0) is 4.74 Å². The van der Waals surface area contributed by atoms with Gasteiger partial charge >= 0.3 is 0 Å². The Hall–Kier alpha value is -1.25. The van der Waals surface area contributed by atoms with Crippen molar-refractivity contribution >= 4 is 6.21 Å². The summed E-state index contributed by atoms with van der Waals surface area (Å²) in [5, 5.41) is 16.2. The Morgan fingerprint density at radius 3 is 3.09 bits per heavy atom. The Morgan fingerprint density at radius 1 is 1.82 bits per heavy atom. The molecule has 0 fully saturated rings. The van der Waals surface area contributed by atoms with E-state index in [0.29, 0.717) is 12.2 Å². The number of allylic oxidation sites excluding steroid dienone is 3. The van der Waals surface area contributed by atoms with Gasteiger partial charge in [-0.2, -0.15) is 0 Å². The molecule has 0 aromatic rings. The third kappa shape index (κ3) is 1.61. The average Bonchev–Trinajstić information content (AvgIpc) is 2.05. The Morgan fingerprint density at radius 2 is 2.55 bits per heavy atom. The summed E-state index contributed by atoms with van der Waals surface area (Å²) in [5.41, 5.74) is 0. The molecule has 1 aliphatic rings. The number of hydrogen-bond acceptors (Lipinski definition) is 3. The minimum absolute atomic E-state index is 0.0702. The molecule has 0 aliphatic heterocycles. The van der Waals surface area contributed by atoms with Crippen molar-refractivity contribution in [2.24, 2.45) is 5.92 Å². The normalized spacial score (nSPS) is 23.5. The second-order valence-corrected chi connectivity index (χ2v) is 2.41. The summed E-state index contributed by atoms with van der Waals surface area (Å²) >= 11 is 0. The van der Waals surface area contributed by atoms with E-state index >= 15 is 0 Å². The van der Waals surface area contributed by atoms with Crippen molar-refractivity contribution in [2.75, 3.05) is 7.11 Å². The van der Waals surface area contributed by atoms with Crippen LogP contribution in [-0.4, -0.2) is 18.4 Å². The van der Waals surface area contributed by atoms with Crippen LogP contribution in [0, 0.1) is 11.3 Å². The molecule has 0 aromatic heterocycles. The van der Waals surface area contributed by atoms with Crippen LogP contribution in [0.4, 0.5) is 0 Å². The summed E-state index contributed by atoms with van der Waals surface area (Å²) in [4.78, 5) is 0. The first-order valence-corrected chi connectivity index (χ1v) is 3.43. The maximum absolute atomic E-state index is 9.17. The number of aliphatic hydroxyl groups is 1. The summed E-state index contributed by atoms with van der Waals surface area (Å²) in [6.45, 7) is 0. The van der Waals surface area contributed by atoms with Gasteiger partial charge in [0.25, 0.3) is 0 Å². The van der Waals surface area contributed by atoms with Crippen LogP contribution < -0.4 is 0 Å². The molecule has 0 radical (unpaired) electrons. The van der Waals surface area contributed by atoms with Crippen molar-refractivity contribution in [3.05, 3.63) is 23.7 Å². The quantitative estimate of drug-likeness (QED) is 0.592. The summed E-state index contributed by atoms with van der Waals surface area (Å²) in [6.07, 6.45) is 5.27. The molecule has 0 saturated heterocycles. The zero-order chi connectivity index (χ0) is 8.27. The van der Waals surface area contributed by atoms with E-state index in [1.54, 1.807) is 12.2 Å². The van der Waals surface area contributed by atoms with E-state index in [2.05, 4.69) is 0 Å². The van der Waals surface area contributed by atoms with Crippen molar-refractivity contribution in [2.45, 2.75) is 6.42 Å². The number of aliphatic hydroxyl groups excluding tert-OH is 1. The molecule has 0 aromatic carbocycles. The lowest BCUT2D eigenvalue weighted by molar-refractivity contribution is 0.240. The average molecular weight is 153 g/mol. The first-order chi connectivity index (χ1) is 5.27. The molecule has 11 heavy (non-hydrogen) atoms. The number of hydrogen-bond donors (Lipinski definition) is 2. The Balaban J connectivity index is 2.74. The van der Waals surface area contributed by atoms with Gasteiger partial charge in [-0.3, -0.25) is 0 Å². The maximum Gasteiger partial charge on any atom is 0.152 e. The van der Waals surface area contributed by atoms with Crippen LogP contribution >= 0.6 is 0 Å². The topological polar surface area (TPSA) is 53.3 Å². The van der Waals surface area contributed by atoms with Crippen molar-refractivity contribution in [1.82, 2.24) is 0 Å². The molecule has 0 spiro atoms. The van der Waals surface area contributed by atoms with Gasteiger partial charge in [0, 0.05) is 18.6 Å². The van der Waals surface area contributed by atoms with Crippen LogP contribution in [0.2, 0.25) is 0 Å². The lowest BCUT2D eigenvalue weighted by Gasteiger charge is -2.14. The second-order valence-electron chi connectivity index (χ2n) is 2.41. The monoisotopic (exact) mass is 153 g/mol. The molecule has 0 amide bonds. The smallest absolute Gasteiger partial charge is 0.152 e. The van der Waals surface area contributed by atoms with Crippen LogP contribution in [0.15, 0.2) is 23.7 Å². The molecular formula is C8H11NO2. The van der Waals surface area contributed by atoms with Crippen molar-refractivity contribution in [3.8, 4) is 0 Å². The molecular weight excluding hydrogens is 142 g/mol. The zero-order valence-corrected chi connectivity index (χ0v) is 6.37. The molecule has 3 nitrogen and oxygen atoms in total. The highest BCUT2D eigenvalue weighted by molar-refractivity contribution is 5.61. The van der Waals surface area contributed by atoms with Gasteiger partial charge in [-0.05, 0) is 6.08 Å². The van der Waals surface area contributed by atoms with Gasteiger partial charge in [0.15, 0.2) is 5.76 Å². The van der Waals surface area contributed by atoms with E-state index in [9.17, 15) is 5.11 Å². The van der Waals surface area contributed by atoms with Crippen LogP contribution in [0.3, 0.4) is 0 Å². The van der Waals surface area contributed by atoms with Gasteiger partial charge in [0.1, 0.15) is 5.76 Å². The summed E-state index contributed by atoms with van der Waals surface area (Å²) < 4.78 is 4.91. The Bertz CT molecular complexity index is 218. The molecule has 60 valence electrons. The summed E-state index contributed by atoms with van der Waals surface area (Å²) in [5.74, 6) is 0.799. The predicted octanol–water partition coefficient (Wildman–Crippen LogP) is 1.63. The van der Waals surface area contributed by atoms with E-state index in [0.717, 1.165) is 0 Å². The SMILES string of the molecule is COC1=C(O)C=CC(C=N)C1. The van der Waals surface area contributed by atoms with Gasteiger partial charge in [0.2, 0.25) is 0 Å². The number of methoxy groups -OCH3 is 1. The van der Waals surface area contributed by atoms with Gasteiger partial charge in [-0.15, -0.1) is 0 Å². The Labute approximate surface area is 65.5 Å². The van der Waals surface area contributed by atoms with Gasteiger partial charge in [-0.25, -0.2) is 0 Å². The first-order valence-electron chi connectivity index (χ1n) is 3.43. The van der Waals surface area contributed by atoms with E-state index < -0.39 is 0 Å². The molecule has 1 atom stereocenters. The second kappa shape index (κ2) is 3.23. The fourth-order valence-corrected chi connectivity index (χ4v) is 0.997. The maximum atomic E-state index is 9.17. The highest BCUT2D eigenvalue weighted by Crippen LogP contribution is 2.20. The largest absolute Gasteiger partial charge is 0.504 e. The van der Waals surface area contributed by atoms with Crippen LogP contribution in [0.5, 0.6) is 0 Å². The molecule has 3 heteroatoms. The lowest BCUT2D eigenvalue weighted by Crippen LogP contribution is -2.07. The van der Waals surface area contributed by atoms with Crippen LogP contribution in [0.25, 0.3) is 0 Å². The van der Waals surface area contributed by atoms with Gasteiger partial charge < -0.3 is 15.3 Å². The fraction of sp³-hybridized carbons (Fsp3) is 0.375. The van der Waals surface area contributed by atoms with E-state index in [1.807, 2.05) is 0 Å². The van der Waals surface area contributed by atoms with Gasteiger partial charge in [0.05, 0.1) is 7.11 Å². The molecule has 1 aliphatic carbocycles. The van der Waals surface area contributed by atoms with E-state index in [4.69, 9.17) is 10.1 Å². The van der Waals surface area contributed by atoms with Crippen LogP contribution in [0.1, 0.15) is 6.42 Å². The van der Waals surface area contributed by atoms with Gasteiger partial charge in [-0.1, -0.05) is 6.08 Å².